The van der Waals surface area contributed by atoms with E-state index >= 15 is 0 Å². The minimum atomic E-state index is -3.48. The van der Waals surface area contributed by atoms with Gasteiger partial charge in [0.15, 0.2) is 16.4 Å². The van der Waals surface area contributed by atoms with Gasteiger partial charge in [-0.1, -0.05) is 18.2 Å². The first-order valence-electron chi connectivity index (χ1n) is 9.25. The number of para-hydroxylation sites is 1. The van der Waals surface area contributed by atoms with Gasteiger partial charge >= 0.3 is 0 Å². The van der Waals surface area contributed by atoms with Gasteiger partial charge in [-0.05, 0) is 48.7 Å². The van der Waals surface area contributed by atoms with E-state index in [1.165, 1.54) is 11.3 Å². The Labute approximate surface area is 173 Å². The summed E-state index contributed by atoms with van der Waals surface area (Å²) in [7, 11) is -3.48. The molecule has 2 aromatic carbocycles. The molecule has 3 aromatic rings. The highest BCUT2D eigenvalue weighted by Crippen LogP contribution is 2.31. The summed E-state index contributed by atoms with van der Waals surface area (Å²) < 4.78 is 31.0. The molecule has 29 heavy (non-hydrogen) atoms. The number of ether oxygens (including phenoxy) is 1. The van der Waals surface area contributed by atoms with Crippen LogP contribution in [0.2, 0.25) is 0 Å². The zero-order valence-electron chi connectivity index (χ0n) is 15.7. The van der Waals surface area contributed by atoms with Gasteiger partial charge < -0.3 is 9.64 Å². The molecule has 150 valence electrons. The van der Waals surface area contributed by atoms with Crippen molar-refractivity contribution in [2.45, 2.75) is 23.5 Å². The molecule has 2 heterocycles. The molecule has 0 spiro atoms. The van der Waals surface area contributed by atoms with Gasteiger partial charge in [-0.2, -0.15) is 0 Å². The molecule has 4 rings (SSSR count). The lowest BCUT2D eigenvalue weighted by Crippen LogP contribution is -2.38. The Morgan fingerprint density at radius 1 is 1.17 bits per heavy atom. The molecule has 0 atom stereocenters. The number of benzene rings is 2. The van der Waals surface area contributed by atoms with Crippen LogP contribution in [0.25, 0.3) is 0 Å². The fourth-order valence-corrected chi connectivity index (χ4v) is 5.64. The van der Waals surface area contributed by atoms with Crippen molar-refractivity contribution in [3.8, 4) is 5.75 Å². The average Bonchev–Trinajstić information content (AvgIpc) is 3.24. The fourth-order valence-electron chi connectivity index (χ4n) is 3.34. The molecule has 0 radical (unpaired) electrons. The normalized spacial score (nSPS) is 13.7. The molecule has 1 aliphatic heterocycles. The lowest BCUT2D eigenvalue weighted by atomic mass is 10.0. The fraction of sp³-hybridized carbons (Fsp3) is 0.238. The van der Waals surface area contributed by atoms with Crippen LogP contribution < -0.4 is 9.64 Å². The standard InChI is InChI=1S/C21H20N2O4S2/c24-21(14-27-17-6-2-1-3-7-17)23-11-4-5-16-13-18(8-9-19(16)23)29(25,26)15-20-22-10-12-28-20/h1-3,6-10,12-13H,4-5,11,14-15H2. The second-order valence-electron chi connectivity index (χ2n) is 6.73. The third kappa shape index (κ3) is 4.49. The van der Waals surface area contributed by atoms with Gasteiger partial charge in [0.25, 0.3) is 5.91 Å². The van der Waals surface area contributed by atoms with Gasteiger partial charge in [0.1, 0.15) is 16.5 Å². The van der Waals surface area contributed by atoms with Crippen molar-refractivity contribution in [1.82, 2.24) is 4.98 Å². The van der Waals surface area contributed by atoms with Crippen LogP contribution in [0.15, 0.2) is 65.0 Å². The quantitative estimate of drug-likeness (QED) is 0.601. The van der Waals surface area contributed by atoms with Gasteiger partial charge in [-0.15, -0.1) is 11.3 Å². The van der Waals surface area contributed by atoms with E-state index in [0.29, 0.717) is 17.3 Å². The van der Waals surface area contributed by atoms with Crippen molar-refractivity contribution < 1.29 is 17.9 Å². The Morgan fingerprint density at radius 3 is 2.76 bits per heavy atom. The summed E-state index contributed by atoms with van der Waals surface area (Å²) in [5, 5.41) is 2.33. The number of aromatic nitrogens is 1. The molecule has 0 bridgehead atoms. The maximum atomic E-state index is 12.7. The lowest BCUT2D eigenvalue weighted by Gasteiger charge is -2.29. The van der Waals surface area contributed by atoms with Crippen molar-refractivity contribution >= 4 is 32.8 Å². The molecule has 0 fully saturated rings. The molecule has 1 aliphatic rings. The first-order chi connectivity index (χ1) is 14.0. The number of thiazole rings is 1. The highest BCUT2D eigenvalue weighted by Gasteiger charge is 2.25. The van der Waals surface area contributed by atoms with E-state index in [-0.39, 0.29) is 23.2 Å². The molecule has 1 aromatic heterocycles. The Morgan fingerprint density at radius 2 is 2.00 bits per heavy atom. The third-order valence-electron chi connectivity index (χ3n) is 4.73. The topological polar surface area (TPSA) is 76.6 Å². The van der Waals surface area contributed by atoms with E-state index in [0.717, 1.165) is 24.1 Å². The molecular formula is C21H20N2O4S2. The number of sulfone groups is 1. The summed E-state index contributed by atoms with van der Waals surface area (Å²) in [5.74, 6) is 0.381. The summed E-state index contributed by atoms with van der Waals surface area (Å²) >= 11 is 1.32. The number of carbonyl (C=O) groups excluding carboxylic acids is 1. The van der Waals surface area contributed by atoms with Crippen molar-refractivity contribution in [2.75, 3.05) is 18.1 Å². The largest absolute Gasteiger partial charge is 0.484 e. The second-order valence-corrected chi connectivity index (χ2v) is 9.69. The number of aryl methyl sites for hydroxylation is 1. The Balaban J connectivity index is 1.51. The van der Waals surface area contributed by atoms with E-state index in [1.54, 1.807) is 46.8 Å². The Kier molecular flexibility index (Phi) is 5.64. The lowest BCUT2D eigenvalue weighted by molar-refractivity contribution is -0.120. The van der Waals surface area contributed by atoms with Gasteiger partial charge in [0, 0.05) is 23.8 Å². The van der Waals surface area contributed by atoms with E-state index in [1.807, 2.05) is 18.2 Å². The van der Waals surface area contributed by atoms with Crippen molar-refractivity contribution in [2.24, 2.45) is 0 Å². The summed E-state index contributed by atoms with van der Waals surface area (Å²) in [6.07, 6.45) is 3.11. The molecule has 0 saturated heterocycles. The number of fused-ring (bicyclic) bond motifs is 1. The van der Waals surface area contributed by atoms with Crippen molar-refractivity contribution in [3.05, 3.63) is 70.7 Å². The van der Waals surface area contributed by atoms with Gasteiger partial charge in [0.2, 0.25) is 0 Å². The first kappa shape index (κ1) is 19.6. The molecule has 0 N–H and O–H groups in total. The molecule has 8 heteroatoms. The van der Waals surface area contributed by atoms with Crippen molar-refractivity contribution in [3.63, 3.8) is 0 Å². The molecule has 6 nitrogen and oxygen atoms in total. The molecular weight excluding hydrogens is 408 g/mol. The van der Waals surface area contributed by atoms with E-state index < -0.39 is 9.84 Å². The Bertz CT molecular complexity index is 1100. The summed E-state index contributed by atoms with van der Waals surface area (Å²) in [4.78, 5) is 18.7. The molecule has 0 unspecified atom stereocenters. The van der Waals surface area contributed by atoms with Crippen molar-refractivity contribution in [1.29, 1.82) is 0 Å². The minimum Gasteiger partial charge on any atom is -0.484 e. The van der Waals surface area contributed by atoms with Crippen LogP contribution in [0.3, 0.4) is 0 Å². The zero-order valence-corrected chi connectivity index (χ0v) is 17.3. The molecule has 0 saturated carbocycles. The number of amides is 1. The van der Waals surface area contributed by atoms with E-state index in [9.17, 15) is 13.2 Å². The van der Waals surface area contributed by atoms with Crippen LogP contribution in [0, 0.1) is 0 Å². The SMILES string of the molecule is O=C(COc1ccccc1)N1CCCc2cc(S(=O)(=O)Cc3nccs3)ccc21. The van der Waals surface area contributed by atoms with E-state index in [4.69, 9.17) is 4.74 Å². The number of rotatable bonds is 6. The average molecular weight is 429 g/mol. The van der Waals surface area contributed by atoms with Crippen LogP contribution in [0.4, 0.5) is 5.69 Å². The van der Waals surface area contributed by atoms with Crippen LogP contribution >= 0.6 is 11.3 Å². The Hall–Kier alpha value is -2.71. The summed E-state index contributed by atoms with van der Waals surface area (Å²) in [6.45, 7) is 0.531. The van der Waals surface area contributed by atoms with E-state index in [2.05, 4.69) is 4.98 Å². The van der Waals surface area contributed by atoms with Gasteiger partial charge in [0.05, 0.1) is 4.90 Å². The summed E-state index contributed by atoms with van der Waals surface area (Å²) in [5.41, 5.74) is 1.62. The maximum Gasteiger partial charge on any atom is 0.264 e. The maximum absolute atomic E-state index is 12.7. The number of hydrogen-bond acceptors (Lipinski definition) is 6. The number of hydrogen-bond donors (Lipinski definition) is 0. The predicted octanol–water partition coefficient (Wildman–Crippen LogP) is 3.48. The molecule has 1 amide bonds. The van der Waals surface area contributed by atoms with Crippen LogP contribution in [-0.2, 0) is 26.8 Å². The monoisotopic (exact) mass is 428 g/mol. The number of anilines is 1. The van der Waals surface area contributed by atoms with Crippen LogP contribution in [-0.4, -0.2) is 32.5 Å². The smallest absolute Gasteiger partial charge is 0.264 e. The predicted molar refractivity (Wildman–Crippen MR) is 112 cm³/mol. The number of carbonyl (C=O) groups is 1. The minimum absolute atomic E-state index is 0.0620. The first-order valence-corrected chi connectivity index (χ1v) is 11.8. The molecule has 0 aliphatic carbocycles. The highest BCUT2D eigenvalue weighted by molar-refractivity contribution is 7.90. The summed E-state index contributed by atoms with van der Waals surface area (Å²) in [6, 6.07) is 14.2. The van der Waals surface area contributed by atoms with Crippen LogP contribution in [0.5, 0.6) is 5.75 Å². The van der Waals surface area contributed by atoms with Gasteiger partial charge in [-0.25, -0.2) is 13.4 Å². The van der Waals surface area contributed by atoms with Gasteiger partial charge in [-0.3, -0.25) is 4.79 Å². The number of nitrogens with zero attached hydrogens (tertiary/aromatic N) is 2. The zero-order chi connectivity index (χ0) is 20.3. The highest BCUT2D eigenvalue weighted by atomic mass is 32.2. The third-order valence-corrected chi connectivity index (χ3v) is 7.32. The van der Waals surface area contributed by atoms with Crippen LogP contribution in [0.1, 0.15) is 17.0 Å². The second kappa shape index (κ2) is 8.34.